The molecule has 0 N–H and O–H groups in total. The van der Waals surface area contributed by atoms with Crippen LogP contribution in [0, 0.1) is 0 Å². The van der Waals surface area contributed by atoms with E-state index in [1.807, 2.05) is 0 Å². The summed E-state index contributed by atoms with van der Waals surface area (Å²) in [6.45, 7) is 0. The number of carbonyl (C=O) groups is 1. The lowest BCUT2D eigenvalue weighted by Crippen LogP contribution is -2.23. The average Bonchev–Trinajstić information content (AvgIpc) is 1.97. The van der Waals surface area contributed by atoms with Crippen molar-refractivity contribution in [3.63, 3.8) is 0 Å². The summed E-state index contributed by atoms with van der Waals surface area (Å²) in [6, 6.07) is 0. The Bertz CT molecular complexity index is 155. The Labute approximate surface area is 67.6 Å². The molecular weight excluding hydrogens is 200 g/mol. The molecule has 0 bridgehead atoms. The Kier molecular flexibility index (Phi) is 4.44. The SMILES string of the molecule is COP(OC)OC(=O)C(F)(F)F. The molecule has 0 fully saturated rings. The van der Waals surface area contributed by atoms with E-state index in [0.717, 1.165) is 14.2 Å². The fraction of sp³-hybridized carbons (Fsp3) is 0.750. The second-order valence-electron chi connectivity index (χ2n) is 1.47. The fourth-order valence-corrected chi connectivity index (χ4v) is 0.806. The third kappa shape index (κ3) is 3.85. The first-order valence-corrected chi connectivity index (χ1v) is 3.68. The molecule has 0 aliphatic rings. The zero-order chi connectivity index (χ0) is 9.78. The van der Waals surface area contributed by atoms with Crippen LogP contribution in [-0.4, -0.2) is 26.4 Å². The van der Waals surface area contributed by atoms with Crippen LogP contribution in [0.25, 0.3) is 0 Å². The van der Waals surface area contributed by atoms with Gasteiger partial charge in [0.15, 0.2) is 0 Å². The molecule has 0 saturated carbocycles. The van der Waals surface area contributed by atoms with Gasteiger partial charge < -0.3 is 13.6 Å². The van der Waals surface area contributed by atoms with Crippen LogP contribution in [0.5, 0.6) is 0 Å². The molecule has 72 valence electrons. The number of alkyl halides is 3. The number of carbonyl (C=O) groups excluding carboxylic acids is 1. The van der Waals surface area contributed by atoms with Crippen molar-refractivity contribution in [3.8, 4) is 0 Å². The molecule has 0 aromatic carbocycles. The van der Waals surface area contributed by atoms with Crippen molar-refractivity contribution in [1.29, 1.82) is 0 Å². The Balaban J connectivity index is 3.99. The number of hydrogen-bond donors (Lipinski definition) is 0. The van der Waals surface area contributed by atoms with Gasteiger partial charge in [-0.2, -0.15) is 13.2 Å². The molecule has 8 heteroatoms. The van der Waals surface area contributed by atoms with E-state index >= 15 is 0 Å². The molecule has 0 heterocycles. The van der Waals surface area contributed by atoms with Crippen LogP contribution in [0.1, 0.15) is 0 Å². The van der Waals surface area contributed by atoms with Crippen LogP contribution in [-0.2, 0) is 18.4 Å². The first-order chi connectivity index (χ1) is 5.41. The van der Waals surface area contributed by atoms with Gasteiger partial charge in [-0.05, 0) is 0 Å². The summed E-state index contributed by atoms with van der Waals surface area (Å²) >= 11 is 0. The molecule has 0 aromatic heterocycles. The minimum atomic E-state index is -5.02. The highest BCUT2D eigenvalue weighted by atomic mass is 31.2. The van der Waals surface area contributed by atoms with Crippen LogP contribution in [0.15, 0.2) is 0 Å². The fourth-order valence-electron chi connectivity index (χ4n) is 0.269. The summed E-state index contributed by atoms with van der Waals surface area (Å²) in [5.41, 5.74) is 0. The van der Waals surface area contributed by atoms with Crippen molar-refractivity contribution in [2.24, 2.45) is 0 Å². The Hall–Kier alpha value is -0.390. The molecule has 0 aliphatic heterocycles. The number of hydrogen-bond acceptors (Lipinski definition) is 4. The molecule has 0 atom stereocenters. The number of halogens is 3. The van der Waals surface area contributed by atoms with E-state index in [1.54, 1.807) is 0 Å². The lowest BCUT2D eigenvalue weighted by molar-refractivity contribution is -0.190. The van der Waals surface area contributed by atoms with Crippen molar-refractivity contribution >= 4 is 14.6 Å². The molecule has 0 aromatic rings. The van der Waals surface area contributed by atoms with Gasteiger partial charge in [0.25, 0.3) is 0 Å². The molecule has 0 radical (unpaired) electrons. The molecule has 0 amide bonds. The molecule has 4 nitrogen and oxygen atoms in total. The maximum absolute atomic E-state index is 11.5. The lowest BCUT2D eigenvalue weighted by Gasteiger charge is -2.11. The van der Waals surface area contributed by atoms with Gasteiger partial charge in [0.2, 0.25) is 0 Å². The van der Waals surface area contributed by atoms with E-state index in [1.165, 1.54) is 0 Å². The highest BCUT2D eigenvalue weighted by Gasteiger charge is 2.43. The highest BCUT2D eigenvalue weighted by molar-refractivity contribution is 7.42. The lowest BCUT2D eigenvalue weighted by atomic mass is 10.7. The van der Waals surface area contributed by atoms with E-state index in [9.17, 15) is 18.0 Å². The molecule has 0 spiro atoms. The minimum Gasteiger partial charge on any atom is -0.387 e. The van der Waals surface area contributed by atoms with Gasteiger partial charge in [0, 0.05) is 14.2 Å². The molecule has 0 saturated heterocycles. The largest absolute Gasteiger partial charge is 0.491 e. The second-order valence-corrected chi connectivity index (χ2v) is 2.83. The first-order valence-electron chi connectivity index (χ1n) is 2.59. The van der Waals surface area contributed by atoms with E-state index in [4.69, 9.17) is 0 Å². The summed E-state index contributed by atoms with van der Waals surface area (Å²) in [5.74, 6) is -2.32. The monoisotopic (exact) mass is 206 g/mol. The Morgan fingerprint density at radius 3 is 1.92 bits per heavy atom. The normalized spacial score (nSPS) is 11.8. The maximum atomic E-state index is 11.5. The number of rotatable bonds is 3. The van der Waals surface area contributed by atoms with E-state index in [-0.39, 0.29) is 0 Å². The van der Waals surface area contributed by atoms with Gasteiger partial charge in [-0.1, -0.05) is 0 Å². The van der Waals surface area contributed by atoms with Gasteiger partial charge in [-0.25, -0.2) is 4.79 Å². The molecule has 0 aliphatic carbocycles. The highest BCUT2D eigenvalue weighted by Crippen LogP contribution is 2.39. The molecular formula is C4H6F3O4P. The Morgan fingerprint density at radius 2 is 1.67 bits per heavy atom. The smallest absolute Gasteiger partial charge is 0.387 e. The van der Waals surface area contributed by atoms with E-state index < -0.39 is 20.7 Å². The van der Waals surface area contributed by atoms with Crippen LogP contribution in [0.2, 0.25) is 0 Å². The minimum absolute atomic E-state index is 1.07. The van der Waals surface area contributed by atoms with Gasteiger partial charge in [-0.3, -0.25) is 0 Å². The summed E-state index contributed by atoms with van der Waals surface area (Å²) in [6.07, 6.45) is -5.02. The predicted octanol–water partition coefficient (Wildman–Crippen LogP) is 1.61. The predicted molar refractivity (Wildman–Crippen MR) is 33.1 cm³/mol. The van der Waals surface area contributed by atoms with Crippen LogP contribution < -0.4 is 0 Å². The van der Waals surface area contributed by atoms with Crippen molar-refractivity contribution in [3.05, 3.63) is 0 Å². The zero-order valence-electron chi connectivity index (χ0n) is 6.21. The third-order valence-corrected chi connectivity index (χ3v) is 1.60. The van der Waals surface area contributed by atoms with Crippen LogP contribution in [0.3, 0.4) is 0 Å². The van der Waals surface area contributed by atoms with Crippen molar-refractivity contribution in [2.45, 2.75) is 6.18 Å². The van der Waals surface area contributed by atoms with Crippen molar-refractivity contribution in [2.75, 3.05) is 14.2 Å². The summed E-state index contributed by atoms with van der Waals surface area (Å²) < 4.78 is 46.8. The van der Waals surface area contributed by atoms with Gasteiger partial charge in [0.1, 0.15) is 0 Å². The van der Waals surface area contributed by atoms with Gasteiger partial charge in [-0.15, -0.1) is 0 Å². The van der Waals surface area contributed by atoms with Crippen LogP contribution >= 0.6 is 8.60 Å². The molecule has 0 rings (SSSR count). The van der Waals surface area contributed by atoms with Gasteiger partial charge >= 0.3 is 20.7 Å². The van der Waals surface area contributed by atoms with Gasteiger partial charge in [0.05, 0.1) is 0 Å². The topological polar surface area (TPSA) is 44.8 Å². The standard InChI is InChI=1S/C4H6F3O4P/c1-9-12(10-2)11-3(8)4(5,6)7/h1-2H3. The van der Waals surface area contributed by atoms with E-state index in [2.05, 4.69) is 13.6 Å². The first kappa shape index (κ1) is 11.6. The Morgan fingerprint density at radius 1 is 1.25 bits per heavy atom. The summed E-state index contributed by atoms with van der Waals surface area (Å²) in [5, 5.41) is 0. The third-order valence-electron chi connectivity index (χ3n) is 0.687. The average molecular weight is 206 g/mol. The van der Waals surface area contributed by atoms with Crippen molar-refractivity contribution < 1.29 is 31.5 Å². The molecule has 12 heavy (non-hydrogen) atoms. The zero-order valence-corrected chi connectivity index (χ0v) is 7.11. The summed E-state index contributed by atoms with van der Waals surface area (Å²) in [7, 11) is -0.0928. The van der Waals surface area contributed by atoms with Crippen molar-refractivity contribution in [1.82, 2.24) is 0 Å². The summed E-state index contributed by atoms with van der Waals surface area (Å²) in [4.78, 5) is 10.1. The second kappa shape index (κ2) is 4.59. The molecule has 0 unspecified atom stereocenters. The van der Waals surface area contributed by atoms with E-state index in [0.29, 0.717) is 0 Å². The quantitative estimate of drug-likeness (QED) is 0.658. The maximum Gasteiger partial charge on any atom is 0.491 e. The van der Waals surface area contributed by atoms with Crippen LogP contribution in [0.4, 0.5) is 13.2 Å².